The average molecular weight is 311 g/mol. The lowest BCUT2D eigenvalue weighted by atomic mass is 9.86. The molecule has 1 aliphatic rings. The lowest BCUT2D eigenvalue weighted by Gasteiger charge is -2.27. The highest BCUT2D eigenvalue weighted by Crippen LogP contribution is 2.38. The first-order valence-corrected chi connectivity index (χ1v) is 6.59. The van der Waals surface area contributed by atoms with Gasteiger partial charge < -0.3 is 20.7 Å². The number of anilines is 1. The molecule has 1 fully saturated rings. The van der Waals surface area contributed by atoms with Gasteiger partial charge in [-0.05, 0) is 19.9 Å². The summed E-state index contributed by atoms with van der Waals surface area (Å²) in [5.74, 6) is -1.31. The van der Waals surface area contributed by atoms with Crippen molar-refractivity contribution in [2.24, 2.45) is 0 Å². The Hall–Kier alpha value is -2.10. The van der Waals surface area contributed by atoms with Crippen LogP contribution in [0.5, 0.6) is 0 Å². The quantitative estimate of drug-likeness (QED) is 0.602. The van der Waals surface area contributed by atoms with E-state index in [4.69, 9.17) is 10.5 Å². The summed E-state index contributed by atoms with van der Waals surface area (Å²) in [6.07, 6.45) is -3.18. The maximum absolute atomic E-state index is 11.8. The van der Waals surface area contributed by atoms with Crippen molar-refractivity contribution in [2.45, 2.75) is 44.3 Å². The van der Waals surface area contributed by atoms with E-state index in [1.807, 2.05) is 0 Å². The van der Waals surface area contributed by atoms with Crippen LogP contribution in [0.4, 0.5) is 5.82 Å². The Balaban J connectivity index is 2.40. The topological polar surface area (TPSA) is 145 Å². The standard InChI is InChI=1S/C13H17N3O6/c1-6(17)10(19)11-13(21,7(2)18)5-9(22-11)16-4-3-8(14)15-12(16)20/h3-4,9-11,19,21H,5H2,1-2H3,(H2,14,15,20)/t9-,10?,11-,13-/m1/s1. The van der Waals surface area contributed by atoms with Crippen LogP contribution >= 0.6 is 0 Å². The minimum Gasteiger partial charge on any atom is -0.383 e. The number of nitrogen functional groups attached to an aromatic ring is 1. The van der Waals surface area contributed by atoms with Crippen molar-refractivity contribution in [3.8, 4) is 0 Å². The number of ketones is 2. The van der Waals surface area contributed by atoms with Gasteiger partial charge in [-0.25, -0.2) is 4.79 Å². The van der Waals surface area contributed by atoms with Crippen molar-refractivity contribution in [1.82, 2.24) is 9.55 Å². The summed E-state index contributed by atoms with van der Waals surface area (Å²) in [4.78, 5) is 38.4. The summed E-state index contributed by atoms with van der Waals surface area (Å²) in [6.45, 7) is 2.23. The van der Waals surface area contributed by atoms with Crippen LogP contribution in [-0.4, -0.2) is 49.1 Å². The third-order valence-corrected chi connectivity index (χ3v) is 3.73. The van der Waals surface area contributed by atoms with Gasteiger partial charge in [-0.3, -0.25) is 14.2 Å². The van der Waals surface area contributed by atoms with Gasteiger partial charge in [-0.2, -0.15) is 4.98 Å². The number of carbonyl (C=O) groups excluding carboxylic acids is 2. The molecule has 0 aliphatic carbocycles. The molecule has 1 saturated heterocycles. The SMILES string of the molecule is CC(=O)C(O)[C@H]1O[C@@H](n2ccc(N)nc2=O)C[C@@]1(O)C(C)=O. The fourth-order valence-corrected chi connectivity index (χ4v) is 2.41. The van der Waals surface area contributed by atoms with E-state index < -0.39 is 41.3 Å². The Morgan fingerprint density at radius 1 is 1.55 bits per heavy atom. The molecule has 1 aliphatic heterocycles. The molecule has 4 atom stereocenters. The van der Waals surface area contributed by atoms with Crippen molar-refractivity contribution in [3.63, 3.8) is 0 Å². The number of carbonyl (C=O) groups is 2. The predicted octanol–water partition coefficient (Wildman–Crippen LogP) is -1.62. The van der Waals surface area contributed by atoms with Gasteiger partial charge in [0.25, 0.3) is 0 Å². The smallest absolute Gasteiger partial charge is 0.351 e. The van der Waals surface area contributed by atoms with Crippen molar-refractivity contribution in [2.75, 3.05) is 5.73 Å². The van der Waals surface area contributed by atoms with Crippen LogP contribution in [0.15, 0.2) is 17.1 Å². The van der Waals surface area contributed by atoms with Gasteiger partial charge in [-0.1, -0.05) is 0 Å². The zero-order chi connectivity index (χ0) is 16.7. The van der Waals surface area contributed by atoms with Crippen molar-refractivity contribution < 1.29 is 24.5 Å². The summed E-state index contributed by atoms with van der Waals surface area (Å²) in [6, 6.07) is 1.35. The molecule has 0 aromatic carbocycles. The molecular formula is C13H17N3O6. The van der Waals surface area contributed by atoms with Crippen LogP contribution in [0, 0.1) is 0 Å². The van der Waals surface area contributed by atoms with Crippen LogP contribution in [0.25, 0.3) is 0 Å². The lowest BCUT2D eigenvalue weighted by Crippen LogP contribution is -2.52. The van der Waals surface area contributed by atoms with Crippen molar-refractivity contribution >= 4 is 17.4 Å². The lowest BCUT2D eigenvalue weighted by molar-refractivity contribution is -0.158. The van der Waals surface area contributed by atoms with E-state index >= 15 is 0 Å². The maximum atomic E-state index is 11.8. The first-order chi connectivity index (χ1) is 10.2. The van der Waals surface area contributed by atoms with Crippen LogP contribution in [0.3, 0.4) is 0 Å². The Morgan fingerprint density at radius 2 is 2.18 bits per heavy atom. The molecule has 0 radical (unpaired) electrons. The van der Waals surface area contributed by atoms with Crippen LogP contribution in [-0.2, 0) is 14.3 Å². The Bertz CT molecular complexity index is 672. The molecule has 0 amide bonds. The Labute approximate surface area is 125 Å². The number of hydrogen-bond donors (Lipinski definition) is 3. The summed E-state index contributed by atoms with van der Waals surface area (Å²) in [5.41, 5.74) is 2.59. The van der Waals surface area contributed by atoms with Gasteiger partial charge in [0.2, 0.25) is 0 Å². The first kappa shape index (κ1) is 16.3. The molecule has 0 spiro atoms. The number of hydrogen-bond acceptors (Lipinski definition) is 8. The van der Waals surface area contributed by atoms with Crippen molar-refractivity contribution in [1.29, 1.82) is 0 Å². The number of nitrogens with two attached hydrogens (primary N) is 1. The molecule has 9 heteroatoms. The number of Topliss-reactive ketones (excluding diaryl/α,β-unsaturated/α-hetero) is 2. The van der Waals surface area contributed by atoms with Gasteiger partial charge in [0, 0.05) is 12.6 Å². The van der Waals surface area contributed by atoms with Gasteiger partial charge in [-0.15, -0.1) is 0 Å². The number of aliphatic hydroxyl groups excluding tert-OH is 1. The second kappa shape index (κ2) is 5.59. The van der Waals surface area contributed by atoms with E-state index in [-0.39, 0.29) is 12.2 Å². The van der Waals surface area contributed by atoms with Crippen LogP contribution in [0.1, 0.15) is 26.5 Å². The largest absolute Gasteiger partial charge is 0.383 e. The second-order valence-corrected chi connectivity index (χ2v) is 5.29. The van der Waals surface area contributed by atoms with Crippen LogP contribution in [0.2, 0.25) is 0 Å². The monoisotopic (exact) mass is 311 g/mol. The summed E-state index contributed by atoms with van der Waals surface area (Å²) >= 11 is 0. The third-order valence-electron chi connectivity index (χ3n) is 3.73. The zero-order valence-electron chi connectivity index (χ0n) is 12.1. The second-order valence-electron chi connectivity index (χ2n) is 5.29. The molecule has 1 aromatic rings. The van der Waals surface area contributed by atoms with E-state index in [1.165, 1.54) is 12.3 Å². The first-order valence-electron chi connectivity index (χ1n) is 6.59. The number of aromatic nitrogens is 2. The molecule has 22 heavy (non-hydrogen) atoms. The Morgan fingerprint density at radius 3 is 2.68 bits per heavy atom. The maximum Gasteiger partial charge on any atom is 0.351 e. The molecule has 120 valence electrons. The number of nitrogens with zero attached hydrogens (tertiary/aromatic N) is 2. The zero-order valence-corrected chi connectivity index (χ0v) is 12.1. The molecule has 4 N–H and O–H groups in total. The number of aliphatic hydroxyl groups is 2. The average Bonchev–Trinajstić information content (AvgIpc) is 2.76. The number of ether oxygens (including phenoxy) is 1. The summed E-state index contributed by atoms with van der Waals surface area (Å²) < 4.78 is 6.45. The molecule has 1 unspecified atom stereocenters. The normalized spacial score (nSPS) is 29.3. The van der Waals surface area contributed by atoms with E-state index in [2.05, 4.69) is 4.98 Å². The molecule has 2 heterocycles. The molecule has 0 bridgehead atoms. The highest BCUT2D eigenvalue weighted by Gasteiger charge is 2.55. The highest BCUT2D eigenvalue weighted by atomic mass is 16.6. The Kier molecular flexibility index (Phi) is 4.14. The van der Waals surface area contributed by atoms with Crippen LogP contribution < -0.4 is 11.4 Å². The molecular weight excluding hydrogens is 294 g/mol. The molecule has 1 aromatic heterocycles. The fraction of sp³-hybridized carbons (Fsp3) is 0.538. The van der Waals surface area contributed by atoms with Gasteiger partial charge in [0.05, 0.1) is 0 Å². The summed E-state index contributed by atoms with van der Waals surface area (Å²) in [7, 11) is 0. The molecule has 0 saturated carbocycles. The molecule has 9 nitrogen and oxygen atoms in total. The van der Waals surface area contributed by atoms with E-state index in [9.17, 15) is 24.6 Å². The summed E-state index contributed by atoms with van der Waals surface area (Å²) in [5, 5.41) is 20.4. The minimum atomic E-state index is -2.07. The van der Waals surface area contributed by atoms with Gasteiger partial charge >= 0.3 is 5.69 Å². The third kappa shape index (κ3) is 2.65. The van der Waals surface area contributed by atoms with E-state index in [0.717, 1.165) is 18.4 Å². The minimum absolute atomic E-state index is 0.0152. The van der Waals surface area contributed by atoms with Crippen molar-refractivity contribution in [3.05, 3.63) is 22.7 Å². The van der Waals surface area contributed by atoms with E-state index in [0.29, 0.717) is 0 Å². The number of rotatable bonds is 4. The predicted molar refractivity (Wildman–Crippen MR) is 73.8 cm³/mol. The van der Waals surface area contributed by atoms with E-state index in [1.54, 1.807) is 0 Å². The van der Waals surface area contributed by atoms with Gasteiger partial charge in [0.1, 0.15) is 24.3 Å². The fourth-order valence-electron chi connectivity index (χ4n) is 2.41. The molecule has 2 rings (SSSR count). The highest BCUT2D eigenvalue weighted by molar-refractivity contribution is 5.88. The van der Waals surface area contributed by atoms with Gasteiger partial charge in [0.15, 0.2) is 17.2 Å².